The fraction of sp³-hybridized carbons (Fsp3) is 0.150. The highest BCUT2D eigenvalue weighted by Crippen LogP contribution is 2.27. The molecule has 1 heterocycles. The first-order valence-corrected chi connectivity index (χ1v) is 9.69. The number of non-ortho nitro benzene ring substituents is 1. The van der Waals surface area contributed by atoms with Crippen LogP contribution in [0.1, 0.15) is 6.92 Å². The predicted molar refractivity (Wildman–Crippen MR) is 113 cm³/mol. The molecule has 3 rings (SSSR count). The molecule has 0 aliphatic carbocycles. The lowest BCUT2D eigenvalue weighted by Crippen LogP contribution is -2.23. The molecule has 9 heteroatoms. The van der Waals surface area contributed by atoms with Crippen molar-refractivity contribution in [2.24, 2.45) is 0 Å². The number of carbonyl (C=O) groups is 1. The molecule has 2 aromatic carbocycles. The summed E-state index contributed by atoms with van der Waals surface area (Å²) in [6.45, 7) is 6.06. The van der Waals surface area contributed by atoms with E-state index in [0.29, 0.717) is 23.2 Å². The molecular formula is C20H19N5O3S. The maximum atomic E-state index is 12.5. The molecule has 1 N–H and O–H groups in total. The summed E-state index contributed by atoms with van der Waals surface area (Å²) in [6, 6.07) is 15.4. The second kappa shape index (κ2) is 9.16. The van der Waals surface area contributed by atoms with Crippen molar-refractivity contribution in [2.75, 3.05) is 5.32 Å². The van der Waals surface area contributed by atoms with Gasteiger partial charge >= 0.3 is 0 Å². The van der Waals surface area contributed by atoms with Crippen molar-refractivity contribution < 1.29 is 9.72 Å². The van der Waals surface area contributed by atoms with E-state index >= 15 is 0 Å². The first-order chi connectivity index (χ1) is 14.0. The van der Waals surface area contributed by atoms with Crippen LogP contribution in [-0.4, -0.2) is 30.8 Å². The smallest absolute Gasteiger partial charge is 0.269 e. The van der Waals surface area contributed by atoms with Crippen molar-refractivity contribution in [2.45, 2.75) is 23.9 Å². The number of rotatable bonds is 8. The Labute approximate surface area is 171 Å². The van der Waals surface area contributed by atoms with Gasteiger partial charge in [0.25, 0.3) is 5.69 Å². The van der Waals surface area contributed by atoms with Gasteiger partial charge in [-0.3, -0.25) is 19.5 Å². The molecule has 0 bridgehead atoms. The van der Waals surface area contributed by atoms with Gasteiger partial charge in [-0.15, -0.1) is 16.8 Å². The van der Waals surface area contributed by atoms with Crippen molar-refractivity contribution in [3.63, 3.8) is 0 Å². The molecule has 1 aromatic heterocycles. The molecule has 0 aliphatic rings. The molecule has 1 atom stereocenters. The second-order valence-electron chi connectivity index (χ2n) is 6.12. The fourth-order valence-corrected chi connectivity index (χ4v) is 3.45. The van der Waals surface area contributed by atoms with Crippen molar-refractivity contribution in [3.05, 3.63) is 77.4 Å². The average molecular weight is 409 g/mol. The summed E-state index contributed by atoms with van der Waals surface area (Å²) < 4.78 is 1.91. The van der Waals surface area contributed by atoms with Crippen LogP contribution in [0.5, 0.6) is 0 Å². The molecule has 1 unspecified atom stereocenters. The Bertz CT molecular complexity index is 1020. The maximum Gasteiger partial charge on any atom is 0.269 e. The fourth-order valence-electron chi connectivity index (χ4n) is 2.59. The van der Waals surface area contributed by atoms with Crippen LogP contribution in [0.15, 0.2) is 72.4 Å². The highest BCUT2D eigenvalue weighted by atomic mass is 32.2. The summed E-state index contributed by atoms with van der Waals surface area (Å²) in [6.07, 6.45) is 1.75. The van der Waals surface area contributed by atoms with Gasteiger partial charge in [0, 0.05) is 29.9 Å². The van der Waals surface area contributed by atoms with Crippen molar-refractivity contribution in [1.29, 1.82) is 0 Å². The lowest BCUT2D eigenvalue weighted by atomic mass is 10.2. The summed E-state index contributed by atoms with van der Waals surface area (Å²) in [4.78, 5) is 22.8. The Kier molecular flexibility index (Phi) is 6.40. The first-order valence-electron chi connectivity index (χ1n) is 8.81. The van der Waals surface area contributed by atoms with Gasteiger partial charge in [0.2, 0.25) is 5.91 Å². The number of aromatic nitrogens is 3. The van der Waals surface area contributed by atoms with Crippen LogP contribution in [0, 0.1) is 10.1 Å². The molecule has 0 aliphatic heterocycles. The third-order valence-electron chi connectivity index (χ3n) is 4.06. The highest BCUT2D eigenvalue weighted by Gasteiger charge is 2.20. The summed E-state index contributed by atoms with van der Waals surface area (Å²) in [5.41, 5.74) is 1.39. The normalized spacial score (nSPS) is 11.6. The van der Waals surface area contributed by atoms with Crippen molar-refractivity contribution in [1.82, 2.24) is 14.8 Å². The number of anilines is 1. The van der Waals surface area contributed by atoms with Crippen molar-refractivity contribution in [3.8, 4) is 11.4 Å². The minimum Gasteiger partial charge on any atom is -0.325 e. The van der Waals surface area contributed by atoms with E-state index in [1.54, 1.807) is 13.0 Å². The third-order valence-corrected chi connectivity index (χ3v) is 5.14. The summed E-state index contributed by atoms with van der Waals surface area (Å²) >= 11 is 1.28. The largest absolute Gasteiger partial charge is 0.325 e. The zero-order valence-corrected chi connectivity index (χ0v) is 16.5. The van der Waals surface area contributed by atoms with Gasteiger partial charge in [0.05, 0.1) is 10.2 Å². The second-order valence-corrected chi connectivity index (χ2v) is 7.43. The van der Waals surface area contributed by atoms with E-state index in [1.807, 2.05) is 34.9 Å². The van der Waals surface area contributed by atoms with E-state index < -0.39 is 10.2 Å². The number of benzene rings is 2. The Morgan fingerprint density at radius 2 is 1.93 bits per heavy atom. The van der Waals surface area contributed by atoms with Crippen LogP contribution < -0.4 is 5.32 Å². The van der Waals surface area contributed by atoms with Crippen LogP contribution in [0.25, 0.3) is 11.4 Å². The van der Waals surface area contributed by atoms with E-state index in [4.69, 9.17) is 0 Å². The molecule has 0 fully saturated rings. The number of nitro benzene ring substituents is 1. The Balaban J connectivity index is 1.73. The molecule has 0 radical (unpaired) electrons. The maximum absolute atomic E-state index is 12.5. The number of thioether (sulfide) groups is 1. The minimum absolute atomic E-state index is 0.0311. The van der Waals surface area contributed by atoms with Crippen LogP contribution in [0.4, 0.5) is 11.4 Å². The summed E-state index contributed by atoms with van der Waals surface area (Å²) in [7, 11) is 0. The quantitative estimate of drug-likeness (QED) is 0.259. The Morgan fingerprint density at radius 3 is 2.55 bits per heavy atom. The number of nitro groups is 1. The van der Waals surface area contributed by atoms with Gasteiger partial charge in [0.15, 0.2) is 11.0 Å². The molecule has 0 spiro atoms. The lowest BCUT2D eigenvalue weighted by molar-refractivity contribution is -0.384. The molecule has 0 saturated carbocycles. The average Bonchev–Trinajstić information content (AvgIpc) is 3.11. The Morgan fingerprint density at radius 1 is 1.24 bits per heavy atom. The number of allylic oxidation sites excluding steroid dienone is 1. The van der Waals surface area contributed by atoms with E-state index in [-0.39, 0.29) is 11.6 Å². The molecule has 8 nitrogen and oxygen atoms in total. The van der Waals surface area contributed by atoms with Gasteiger partial charge in [-0.2, -0.15) is 0 Å². The van der Waals surface area contributed by atoms with E-state index in [0.717, 1.165) is 5.56 Å². The van der Waals surface area contributed by atoms with E-state index in [2.05, 4.69) is 22.1 Å². The van der Waals surface area contributed by atoms with Gasteiger partial charge in [-0.25, -0.2) is 0 Å². The number of hydrogen-bond donors (Lipinski definition) is 1. The minimum atomic E-state index is -0.485. The van der Waals surface area contributed by atoms with Crippen LogP contribution in [0.3, 0.4) is 0 Å². The van der Waals surface area contributed by atoms with Gasteiger partial charge in [0.1, 0.15) is 0 Å². The summed E-state index contributed by atoms with van der Waals surface area (Å²) in [5.74, 6) is 0.467. The van der Waals surface area contributed by atoms with E-state index in [9.17, 15) is 14.9 Å². The van der Waals surface area contributed by atoms with Crippen LogP contribution >= 0.6 is 11.8 Å². The molecular weight excluding hydrogens is 390 g/mol. The molecule has 0 saturated heterocycles. The standard InChI is InChI=1S/C20H19N5O3S/c1-3-13-24-18(15-7-5-4-6-8-15)22-23-20(24)29-14(2)19(26)21-16-9-11-17(12-10-16)25(27)28/h3-12,14H,1,13H2,2H3,(H,21,26). The van der Waals surface area contributed by atoms with Crippen LogP contribution in [-0.2, 0) is 11.3 Å². The number of nitrogens with zero attached hydrogens (tertiary/aromatic N) is 4. The topological polar surface area (TPSA) is 103 Å². The van der Waals surface area contributed by atoms with Gasteiger partial charge in [-0.05, 0) is 19.1 Å². The zero-order chi connectivity index (χ0) is 20.8. The number of nitrogens with one attached hydrogen (secondary N) is 1. The SMILES string of the molecule is C=CCn1c(SC(C)C(=O)Nc2ccc([N+](=O)[O-])cc2)nnc1-c1ccccc1. The van der Waals surface area contributed by atoms with Crippen LogP contribution in [0.2, 0.25) is 0 Å². The van der Waals surface area contributed by atoms with Gasteiger partial charge < -0.3 is 5.32 Å². The predicted octanol–water partition coefficient (Wildman–Crippen LogP) is 4.16. The van der Waals surface area contributed by atoms with E-state index in [1.165, 1.54) is 36.0 Å². The molecule has 148 valence electrons. The zero-order valence-electron chi connectivity index (χ0n) is 15.7. The molecule has 3 aromatic rings. The number of hydrogen-bond acceptors (Lipinski definition) is 6. The number of amides is 1. The lowest BCUT2D eigenvalue weighted by Gasteiger charge is -2.13. The third kappa shape index (κ3) is 4.88. The monoisotopic (exact) mass is 409 g/mol. The number of carbonyl (C=O) groups excluding carboxylic acids is 1. The first kappa shape index (κ1) is 20.3. The highest BCUT2D eigenvalue weighted by molar-refractivity contribution is 8.00. The van der Waals surface area contributed by atoms with Crippen molar-refractivity contribution >= 4 is 29.0 Å². The molecule has 29 heavy (non-hydrogen) atoms. The Hall–Kier alpha value is -3.46. The van der Waals surface area contributed by atoms with Gasteiger partial charge in [-0.1, -0.05) is 48.2 Å². The summed E-state index contributed by atoms with van der Waals surface area (Å²) in [5, 5.41) is 22.2. The molecule has 1 amide bonds.